The number of alkyl halides is 3. The Morgan fingerprint density at radius 3 is 2.55 bits per heavy atom. The normalized spacial score (nSPS) is 11.7. The zero-order chi connectivity index (χ0) is 15.2. The summed E-state index contributed by atoms with van der Waals surface area (Å²) in [5.74, 6) is 0.400. The Morgan fingerprint density at radius 2 is 2.00 bits per heavy atom. The molecule has 0 aromatic heterocycles. The second kappa shape index (κ2) is 7.23. The van der Waals surface area contributed by atoms with Crippen LogP contribution in [0.1, 0.15) is 11.1 Å². The Morgan fingerprint density at radius 1 is 1.30 bits per heavy atom. The maximum Gasteiger partial charge on any atom is 0.416 e. The van der Waals surface area contributed by atoms with E-state index in [-0.39, 0.29) is 12.1 Å². The summed E-state index contributed by atoms with van der Waals surface area (Å²) in [6.45, 7) is 3.03. The fourth-order valence-electron chi connectivity index (χ4n) is 1.69. The van der Waals surface area contributed by atoms with E-state index in [1.807, 2.05) is 11.9 Å². The van der Waals surface area contributed by atoms with Crippen molar-refractivity contribution in [2.45, 2.75) is 13.1 Å². The summed E-state index contributed by atoms with van der Waals surface area (Å²) < 4.78 is 43.1. The maximum atomic E-state index is 12.6. The lowest BCUT2D eigenvalue weighted by atomic mass is 10.1. The summed E-state index contributed by atoms with van der Waals surface area (Å²) in [5.41, 5.74) is -0.521. The molecule has 20 heavy (non-hydrogen) atoms. The third-order valence-corrected chi connectivity index (χ3v) is 2.82. The molecule has 112 valence electrons. The largest absolute Gasteiger partial charge is 0.492 e. The monoisotopic (exact) mass is 290 g/mol. The van der Waals surface area contributed by atoms with Gasteiger partial charge in [-0.3, -0.25) is 0 Å². The lowest BCUT2D eigenvalue weighted by molar-refractivity contribution is -0.138. The average Bonchev–Trinajstić information content (AvgIpc) is 2.35. The molecular weight excluding hydrogens is 273 g/mol. The van der Waals surface area contributed by atoms with E-state index in [1.165, 1.54) is 19.1 Å². The molecule has 1 aromatic rings. The number of ether oxygens (including phenoxy) is 1. The number of halogens is 3. The van der Waals surface area contributed by atoms with Gasteiger partial charge in [-0.1, -0.05) is 5.18 Å². The van der Waals surface area contributed by atoms with Crippen LogP contribution in [0, 0.1) is 11.8 Å². The number of rotatable bonds is 7. The third-order valence-electron chi connectivity index (χ3n) is 2.82. The average molecular weight is 290 g/mol. The molecule has 1 aromatic carbocycles. The van der Waals surface area contributed by atoms with Crippen molar-refractivity contribution in [2.75, 3.05) is 33.3 Å². The van der Waals surface area contributed by atoms with Crippen LogP contribution < -0.4 is 4.74 Å². The van der Waals surface area contributed by atoms with Gasteiger partial charge in [-0.25, -0.2) is 0 Å². The van der Waals surface area contributed by atoms with Gasteiger partial charge in [0.05, 0.1) is 12.1 Å². The minimum Gasteiger partial charge on any atom is -0.492 e. The molecule has 0 bridgehead atoms. The number of nitroso groups, excluding NO2 is 1. The van der Waals surface area contributed by atoms with Crippen molar-refractivity contribution in [3.8, 4) is 5.75 Å². The minimum absolute atomic E-state index is 0.133. The number of hydrogen-bond donors (Lipinski definition) is 0. The number of benzene rings is 1. The molecule has 0 saturated carbocycles. The summed E-state index contributed by atoms with van der Waals surface area (Å²) in [6, 6.07) is 3.70. The van der Waals surface area contributed by atoms with Crippen LogP contribution in [-0.4, -0.2) is 38.2 Å². The van der Waals surface area contributed by atoms with Crippen LogP contribution >= 0.6 is 0 Å². The molecule has 0 aliphatic heterocycles. The summed E-state index contributed by atoms with van der Waals surface area (Å²) in [5, 5.41) is 2.75. The molecule has 1 rings (SSSR count). The zero-order valence-electron chi connectivity index (χ0n) is 11.4. The second-order valence-corrected chi connectivity index (χ2v) is 4.48. The lowest BCUT2D eigenvalue weighted by Gasteiger charge is -2.16. The quantitative estimate of drug-likeness (QED) is 0.725. The zero-order valence-corrected chi connectivity index (χ0v) is 11.4. The predicted octanol–water partition coefficient (Wildman–Crippen LogP) is 3.09. The van der Waals surface area contributed by atoms with E-state index in [4.69, 9.17) is 4.74 Å². The van der Waals surface area contributed by atoms with Crippen molar-refractivity contribution in [3.05, 3.63) is 34.2 Å². The summed E-state index contributed by atoms with van der Waals surface area (Å²) in [4.78, 5) is 11.8. The van der Waals surface area contributed by atoms with Gasteiger partial charge in [0.25, 0.3) is 0 Å². The molecule has 0 spiro atoms. The first kappa shape index (κ1) is 16.4. The Bertz CT molecular complexity index is 450. The lowest BCUT2D eigenvalue weighted by Crippen LogP contribution is -2.26. The van der Waals surface area contributed by atoms with Gasteiger partial charge in [-0.15, -0.1) is 0 Å². The van der Waals surface area contributed by atoms with Gasteiger partial charge in [0.2, 0.25) is 0 Å². The first-order chi connectivity index (χ1) is 9.34. The van der Waals surface area contributed by atoms with Crippen LogP contribution in [-0.2, 0) is 6.18 Å². The Kier molecular flexibility index (Phi) is 5.94. The molecule has 0 heterocycles. The van der Waals surface area contributed by atoms with Crippen LogP contribution in [0.3, 0.4) is 0 Å². The molecular formula is C13H17F3N2O2. The van der Waals surface area contributed by atoms with Crippen LogP contribution in [0.2, 0.25) is 0 Å². The number of nitrogens with zero attached hydrogens (tertiary/aromatic N) is 2. The number of likely N-dealkylation sites (N-methyl/N-ethyl adjacent to an activating group) is 1. The van der Waals surface area contributed by atoms with Crippen molar-refractivity contribution < 1.29 is 17.9 Å². The Balaban J connectivity index is 2.50. The van der Waals surface area contributed by atoms with E-state index < -0.39 is 11.7 Å². The highest BCUT2D eigenvalue weighted by molar-refractivity contribution is 5.36. The molecule has 0 radical (unpaired) electrons. The molecule has 0 saturated heterocycles. The molecule has 0 N–H and O–H groups in total. The Hall–Kier alpha value is -1.63. The van der Waals surface area contributed by atoms with Gasteiger partial charge in [-0.05, 0) is 37.7 Å². The standard InChI is InChI=1S/C13H17F3N2O2/c1-10-9-11(3-4-12(10)13(14,15)16)20-8-7-18(2)6-5-17-19/h3-4,9H,5-8H2,1-2H3. The molecule has 4 nitrogen and oxygen atoms in total. The molecule has 0 unspecified atom stereocenters. The van der Waals surface area contributed by atoms with Gasteiger partial charge in [0.1, 0.15) is 12.4 Å². The second-order valence-electron chi connectivity index (χ2n) is 4.48. The minimum atomic E-state index is -4.34. The van der Waals surface area contributed by atoms with Gasteiger partial charge < -0.3 is 9.64 Å². The van der Waals surface area contributed by atoms with Crippen molar-refractivity contribution in [1.82, 2.24) is 4.90 Å². The molecule has 0 fully saturated rings. The maximum absolute atomic E-state index is 12.6. The van der Waals surface area contributed by atoms with E-state index in [9.17, 15) is 18.1 Å². The van der Waals surface area contributed by atoms with Gasteiger partial charge in [-0.2, -0.15) is 18.1 Å². The number of aryl methyl sites for hydroxylation is 1. The van der Waals surface area contributed by atoms with Crippen molar-refractivity contribution in [1.29, 1.82) is 0 Å². The fourth-order valence-corrected chi connectivity index (χ4v) is 1.69. The van der Waals surface area contributed by atoms with Crippen LogP contribution in [0.25, 0.3) is 0 Å². The SMILES string of the molecule is Cc1cc(OCCN(C)CCN=O)ccc1C(F)(F)F. The highest BCUT2D eigenvalue weighted by Gasteiger charge is 2.32. The topological polar surface area (TPSA) is 41.9 Å². The van der Waals surface area contributed by atoms with Crippen LogP contribution in [0.15, 0.2) is 23.4 Å². The molecule has 0 amide bonds. The summed E-state index contributed by atoms with van der Waals surface area (Å²) in [7, 11) is 1.81. The van der Waals surface area contributed by atoms with Crippen LogP contribution in [0.5, 0.6) is 5.75 Å². The van der Waals surface area contributed by atoms with Crippen molar-refractivity contribution in [2.24, 2.45) is 5.18 Å². The van der Waals surface area contributed by atoms with E-state index >= 15 is 0 Å². The molecule has 0 atom stereocenters. The fraction of sp³-hybridized carbons (Fsp3) is 0.538. The van der Waals surface area contributed by atoms with E-state index in [1.54, 1.807) is 0 Å². The Labute approximate surface area is 115 Å². The van der Waals surface area contributed by atoms with Crippen molar-refractivity contribution >= 4 is 0 Å². The summed E-state index contributed by atoms with van der Waals surface area (Å²) in [6.07, 6.45) is -4.34. The predicted molar refractivity (Wildman–Crippen MR) is 69.8 cm³/mol. The highest BCUT2D eigenvalue weighted by atomic mass is 19.4. The summed E-state index contributed by atoms with van der Waals surface area (Å²) >= 11 is 0. The first-order valence-corrected chi connectivity index (χ1v) is 6.13. The van der Waals surface area contributed by atoms with Crippen molar-refractivity contribution in [3.63, 3.8) is 0 Å². The van der Waals surface area contributed by atoms with E-state index in [2.05, 4.69) is 5.18 Å². The van der Waals surface area contributed by atoms with Crippen LogP contribution in [0.4, 0.5) is 13.2 Å². The van der Waals surface area contributed by atoms with E-state index in [0.717, 1.165) is 6.07 Å². The van der Waals surface area contributed by atoms with Gasteiger partial charge in [0.15, 0.2) is 0 Å². The first-order valence-electron chi connectivity index (χ1n) is 6.13. The number of hydrogen-bond acceptors (Lipinski definition) is 4. The van der Waals surface area contributed by atoms with Gasteiger partial charge >= 0.3 is 6.18 Å². The molecule has 7 heteroatoms. The van der Waals surface area contributed by atoms with Gasteiger partial charge in [0, 0.05) is 13.1 Å². The highest BCUT2D eigenvalue weighted by Crippen LogP contribution is 2.33. The van der Waals surface area contributed by atoms with E-state index in [0.29, 0.717) is 25.4 Å². The smallest absolute Gasteiger partial charge is 0.416 e. The third kappa shape index (κ3) is 5.16. The molecule has 0 aliphatic carbocycles. The molecule has 0 aliphatic rings.